The molecule has 4 heterocycles. The molecule has 0 spiro atoms. The Morgan fingerprint density at radius 3 is 2.53 bits per heavy atom. The third-order valence-electron chi connectivity index (χ3n) is 6.33. The van der Waals surface area contributed by atoms with Gasteiger partial charge in [-0.2, -0.15) is 0 Å². The highest BCUT2D eigenvalue weighted by molar-refractivity contribution is 6.07. The summed E-state index contributed by atoms with van der Waals surface area (Å²) in [7, 11) is 1.43. The zero-order chi connectivity index (χ0) is 24.4. The number of rotatable bonds is 3. The second-order valence-corrected chi connectivity index (χ2v) is 8.23. The van der Waals surface area contributed by atoms with Gasteiger partial charge in [-0.25, -0.2) is 9.36 Å². The number of pyridine rings is 1. The van der Waals surface area contributed by atoms with Gasteiger partial charge >= 0.3 is 7.40 Å². The standard InChI is InChI=1S/C21H20N2O3.C4H4O4/c1-12-16-10-23-8-7-14-13-5-3-4-6-18(13)22-20(14)19(23)9-15(16)17(11-26-12)21(24)25-2;5-3(6)1-2-4(7)8/h3-8,11-12,15-16H,9-10H2,1-2H3;1-2H,(H,5,6)(H,7,8)/b;2-1-/t12-,15-,16-;/m0./s1. The Morgan fingerprint density at radius 1 is 1.15 bits per heavy atom. The zero-order valence-electron chi connectivity index (χ0n) is 19.6. The Hall–Kier alpha value is -4.14. The van der Waals surface area contributed by atoms with Crippen molar-refractivity contribution in [1.29, 1.82) is 0 Å². The maximum atomic E-state index is 12.3. The summed E-state index contributed by atoms with van der Waals surface area (Å²) in [5, 5.41) is 21.3. The van der Waals surface area contributed by atoms with E-state index in [1.807, 2.05) is 6.07 Å². The molecule has 0 amide bonds. The lowest BCUT2D eigenvalue weighted by Gasteiger charge is -2.36. The van der Waals surface area contributed by atoms with E-state index in [2.05, 4.69) is 46.9 Å². The minimum absolute atomic E-state index is 0. The fourth-order valence-corrected chi connectivity index (χ4v) is 4.71. The molecule has 34 heavy (non-hydrogen) atoms. The van der Waals surface area contributed by atoms with Gasteiger partial charge in [0.2, 0.25) is 5.69 Å². The molecule has 1 N–H and O–H groups in total. The summed E-state index contributed by atoms with van der Waals surface area (Å²) in [5.74, 6) is -3.01. The summed E-state index contributed by atoms with van der Waals surface area (Å²) < 4.78 is 13.0. The summed E-state index contributed by atoms with van der Waals surface area (Å²) in [6, 6.07) is 10.5. The number of carbonyl (C=O) groups excluding carboxylic acids is 3. The van der Waals surface area contributed by atoms with Crippen molar-refractivity contribution in [2.24, 2.45) is 11.8 Å². The highest BCUT2D eigenvalue weighted by Gasteiger charge is 2.45. The van der Waals surface area contributed by atoms with E-state index in [1.54, 1.807) is 6.26 Å². The van der Waals surface area contributed by atoms with Gasteiger partial charge in [0.15, 0.2) is 12.7 Å². The van der Waals surface area contributed by atoms with E-state index in [1.165, 1.54) is 23.6 Å². The number of esters is 1. The first-order chi connectivity index (χ1) is 16.3. The van der Waals surface area contributed by atoms with Crippen LogP contribution in [0, 0.1) is 11.8 Å². The molecule has 3 atom stereocenters. The Labute approximate surface area is 196 Å². The number of methoxy groups -OCH3 is 1. The monoisotopic (exact) mass is 464 g/mol. The fourth-order valence-electron chi connectivity index (χ4n) is 4.71. The van der Waals surface area contributed by atoms with E-state index in [9.17, 15) is 24.6 Å². The van der Waals surface area contributed by atoms with E-state index in [4.69, 9.17) is 9.47 Å². The quantitative estimate of drug-likeness (QED) is 0.328. The molecule has 2 aromatic heterocycles. The van der Waals surface area contributed by atoms with Crippen molar-refractivity contribution in [3.05, 3.63) is 66.2 Å². The van der Waals surface area contributed by atoms with Crippen molar-refractivity contribution >= 4 is 39.7 Å². The molecule has 3 aromatic rings. The molecule has 2 aliphatic heterocycles. The number of benzene rings is 1. The summed E-state index contributed by atoms with van der Waals surface area (Å²) in [6.07, 6.45) is 5.41. The van der Waals surface area contributed by atoms with Gasteiger partial charge in [0.05, 0.1) is 36.8 Å². The molecule has 0 radical (unpaired) electrons. The van der Waals surface area contributed by atoms with Gasteiger partial charge in [0.1, 0.15) is 11.6 Å². The van der Waals surface area contributed by atoms with Crippen molar-refractivity contribution in [3.8, 4) is 0 Å². The van der Waals surface area contributed by atoms with Crippen LogP contribution in [0.3, 0.4) is 0 Å². The molecule has 1 aromatic carbocycles. The molecule has 9 heteroatoms. The number of para-hydroxylation sites is 1. The molecular weight excluding hydrogens is 440 g/mol. The van der Waals surface area contributed by atoms with Gasteiger partial charge < -0.3 is 34.3 Å². The van der Waals surface area contributed by atoms with Crippen LogP contribution in [0.15, 0.2) is 60.5 Å². The number of aliphatic carboxylic acids is 2. The van der Waals surface area contributed by atoms with Crippen LogP contribution in [0.2, 0.25) is 0 Å². The van der Waals surface area contributed by atoms with Crippen LogP contribution < -0.4 is 14.8 Å². The number of nitrogens with zero attached hydrogens (tertiary/aromatic N) is 1. The van der Waals surface area contributed by atoms with E-state index in [-0.39, 0.29) is 25.3 Å². The number of carbonyl (C=O) groups is 3. The lowest BCUT2D eigenvalue weighted by Crippen LogP contribution is -2.53. The third kappa shape index (κ3) is 4.36. The number of H-pyrrole nitrogens is 1. The summed E-state index contributed by atoms with van der Waals surface area (Å²) >= 11 is 0. The lowest BCUT2D eigenvalue weighted by atomic mass is 9.76. The lowest BCUT2D eigenvalue weighted by molar-refractivity contribution is -0.717. The number of nitrogens with one attached hydrogen (secondary N) is 1. The number of hydrogen-bond acceptors (Lipinski definition) is 7. The minimum atomic E-state index is -1.55. The predicted octanol–water partition coefficient (Wildman–Crippen LogP) is 0.0276. The normalized spacial score (nSPS) is 21.0. The fraction of sp³-hybridized carbons (Fsp3) is 0.280. The first-order valence-corrected chi connectivity index (χ1v) is 10.8. The first kappa shape index (κ1) is 23.0. The van der Waals surface area contributed by atoms with Crippen molar-refractivity contribution in [3.63, 3.8) is 0 Å². The van der Waals surface area contributed by atoms with Gasteiger partial charge in [-0.3, -0.25) is 0 Å². The number of hydrogen-bond donors (Lipinski definition) is 1. The molecule has 2 aliphatic rings. The van der Waals surface area contributed by atoms with Crippen LogP contribution >= 0.6 is 0 Å². The Kier molecular flexibility index (Phi) is 6.36. The molecule has 0 unspecified atom stereocenters. The molecule has 176 valence electrons. The SMILES string of the molecule is COC(=O)C1=CO[C@@H](C)[C@@H]2C[n+]3ccc4c([nH]c5ccccc54)c3C[C@H]12.O=C([O-])/C=C\C(=O)[O-].[H+]. The highest BCUT2D eigenvalue weighted by atomic mass is 16.5. The summed E-state index contributed by atoms with van der Waals surface area (Å²) in [5.41, 5.74) is 4.19. The van der Waals surface area contributed by atoms with Crippen LogP contribution in [0.25, 0.3) is 21.8 Å². The molecular formula is C25H24N2O7. The van der Waals surface area contributed by atoms with Crippen LogP contribution in [0.1, 0.15) is 14.0 Å². The van der Waals surface area contributed by atoms with Gasteiger partial charge in [-0.15, -0.1) is 0 Å². The van der Waals surface area contributed by atoms with E-state index in [0.29, 0.717) is 17.7 Å². The van der Waals surface area contributed by atoms with Crippen LogP contribution in [0.4, 0.5) is 0 Å². The Bertz CT molecular complexity index is 1330. The maximum absolute atomic E-state index is 12.3. The third-order valence-corrected chi connectivity index (χ3v) is 6.33. The van der Waals surface area contributed by atoms with Gasteiger partial charge in [-0.05, 0) is 25.1 Å². The average molecular weight is 464 g/mol. The number of carboxylic acids is 2. The summed E-state index contributed by atoms with van der Waals surface area (Å²) in [4.78, 5) is 34.7. The second-order valence-electron chi connectivity index (χ2n) is 8.23. The zero-order valence-corrected chi connectivity index (χ0v) is 18.6. The molecule has 0 aliphatic carbocycles. The highest BCUT2D eigenvalue weighted by Crippen LogP contribution is 2.38. The molecule has 0 fully saturated rings. The predicted molar refractivity (Wildman–Crippen MR) is 118 cm³/mol. The van der Waals surface area contributed by atoms with Crippen LogP contribution in [0.5, 0.6) is 0 Å². The molecule has 9 nitrogen and oxygen atoms in total. The smallest absolute Gasteiger partial charge is 0.545 e. The second kappa shape index (κ2) is 9.38. The molecule has 0 bridgehead atoms. The molecule has 0 saturated carbocycles. The van der Waals surface area contributed by atoms with E-state index >= 15 is 0 Å². The van der Waals surface area contributed by atoms with Crippen molar-refractivity contribution < 1.29 is 40.1 Å². The van der Waals surface area contributed by atoms with Gasteiger partial charge in [-0.1, -0.05) is 18.2 Å². The van der Waals surface area contributed by atoms with E-state index < -0.39 is 11.9 Å². The average Bonchev–Trinajstić information content (AvgIpc) is 3.21. The van der Waals surface area contributed by atoms with Crippen molar-refractivity contribution in [2.75, 3.05) is 7.11 Å². The first-order valence-electron chi connectivity index (χ1n) is 10.8. The maximum Gasteiger partial charge on any atom is 1.00 e. The Morgan fingerprint density at radius 2 is 1.85 bits per heavy atom. The molecule has 0 saturated heterocycles. The van der Waals surface area contributed by atoms with Crippen LogP contribution in [-0.2, 0) is 36.8 Å². The topological polar surface area (TPSA) is 135 Å². The number of aromatic nitrogens is 2. The minimum Gasteiger partial charge on any atom is -0.545 e. The number of fused-ring (bicyclic) bond motifs is 6. The molecule has 5 rings (SSSR count). The number of ether oxygens (including phenoxy) is 2. The largest absolute Gasteiger partial charge is 1.00 e. The summed E-state index contributed by atoms with van der Waals surface area (Å²) in [6.45, 7) is 2.91. The van der Waals surface area contributed by atoms with Crippen molar-refractivity contribution in [2.45, 2.75) is 26.0 Å². The van der Waals surface area contributed by atoms with Crippen molar-refractivity contribution in [1.82, 2.24) is 4.98 Å². The number of carboxylic acid groups (broad SMARTS) is 2. The van der Waals surface area contributed by atoms with Gasteiger partial charge in [0.25, 0.3) is 0 Å². The Balaban J connectivity index is 0.000000332. The number of aromatic amines is 1. The van der Waals surface area contributed by atoms with E-state index in [0.717, 1.165) is 24.0 Å². The van der Waals surface area contributed by atoms with Crippen LogP contribution in [-0.4, -0.2) is 36.1 Å². The van der Waals surface area contributed by atoms with Gasteiger partial charge in [0, 0.05) is 34.7 Å².